The monoisotopic (exact) mass is 248 g/mol. The largest absolute Gasteiger partial charge is 0.497 e. The van der Waals surface area contributed by atoms with E-state index in [9.17, 15) is 39.2 Å². The van der Waals surface area contributed by atoms with E-state index in [1.165, 1.54) is 0 Å². The average Bonchev–Trinajstić information content (AvgIpc) is 1.80. The first-order valence-electron chi connectivity index (χ1n) is 2.85. The fourth-order valence-corrected chi connectivity index (χ4v) is 1.19. The van der Waals surface area contributed by atoms with E-state index in [0.717, 1.165) is 0 Å². The molecule has 0 bridgehead atoms. The molecule has 0 amide bonds. The highest BCUT2D eigenvalue weighted by Crippen LogP contribution is 2.31. The van der Waals surface area contributed by atoms with Crippen LogP contribution in [-0.2, 0) is 9.84 Å². The standard InChI is InChI=1S/C4H3F7O2S/c5-2(6)3(7,8)1-14(12,13)4(9,10)11/h2H,1H2. The molecule has 0 aliphatic rings. The first-order chi connectivity index (χ1) is 5.90. The molecule has 2 nitrogen and oxygen atoms in total. The zero-order chi connectivity index (χ0) is 11.8. The highest BCUT2D eigenvalue weighted by molar-refractivity contribution is 7.92. The van der Waals surface area contributed by atoms with E-state index in [1.807, 2.05) is 0 Å². The summed E-state index contributed by atoms with van der Waals surface area (Å²) in [6.45, 7) is 0. The Hall–Kier alpha value is -0.540. The van der Waals surface area contributed by atoms with E-state index in [2.05, 4.69) is 0 Å². The fraction of sp³-hybridized carbons (Fsp3) is 1.00. The fourth-order valence-electron chi connectivity index (χ4n) is 0.398. The molecule has 0 aliphatic carbocycles. The van der Waals surface area contributed by atoms with Gasteiger partial charge in [-0.1, -0.05) is 0 Å². The van der Waals surface area contributed by atoms with Gasteiger partial charge >= 0.3 is 17.9 Å². The second-order valence-corrected chi connectivity index (χ2v) is 4.25. The summed E-state index contributed by atoms with van der Waals surface area (Å²) < 4.78 is 101. The molecule has 0 aromatic heterocycles. The Morgan fingerprint density at radius 2 is 1.36 bits per heavy atom. The lowest BCUT2D eigenvalue weighted by Crippen LogP contribution is -2.40. The molecule has 0 N–H and O–H groups in total. The summed E-state index contributed by atoms with van der Waals surface area (Å²) >= 11 is 0. The Bertz CT molecular complexity index is 289. The summed E-state index contributed by atoms with van der Waals surface area (Å²) in [6.07, 6.45) is -4.46. The van der Waals surface area contributed by atoms with Crippen molar-refractivity contribution in [3.63, 3.8) is 0 Å². The molecule has 0 radical (unpaired) electrons. The first-order valence-corrected chi connectivity index (χ1v) is 4.50. The van der Waals surface area contributed by atoms with Gasteiger partial charge in [-0.25, -0.2) is 17.2 Å². The minimum atomic E-state index is -6.23. The SMILES string of the molecule is O=S(=O)(CC(F)(F)C(F)F)C(F)(F)F. The molecule has 0 saturated carbocycles. The van der Waals surface area contributed by atoms with Crippen molar-refractivity contribution in [2.45, 2.75) is 17.9 Å². The summed E-state index contributed by atoms with van der Waals surface area (Å²) in [6, 6.07) is 0. The average molecular weight is 248 g/mol. The molecule has 0 aliphatic heterocycles. The van der Waals surface area contributed by atoms with Crippen LogP contribution in [0.25, 0.3) is 0 Å². The van der Waals surface area contributed by atoms with E-state index in [0.29, 0.717) is 0 Å². The van der Waals surface area contributed by atoms with Gasteiger partial charge in [-0.05, 0) is 0 Å². The van der Waals surface area contributed by atoms with E-state index in [1.54, 1.807) is 0 Å². The van der Waals surface area contributed by atoms with Crippen LogP contribution in [0.15, 0.2) is 0 Å². The molecule has 14 heavy (non-hydrogen) atoms. The van der Waals surface area contributed by atoms with E-state index < -0.39 is 33.4 Å². The molecular weight excluding hydrogens is 245 g/mol. The Morgan fingerprint density at radius 3 is 1.57 bits per heavy atom. The van der Waals surface area contributed by atoms with Gasteiger partial charge < -0.3 is 0 Å². The summed E-state index contributed by atoms with van der Waals surface area (Å²) in [4.78, 5) is 0. The van der Waals surface area contributed by atoms with Gasteiger partial charge in [-0.2, -0.15) is 22.0 Å². The maximum Gasteiger partial charge on any atom is 0.497 e. The van der Waals surface area contributed by atoms with Crippen molar-refractivity contribution in [1.29, 1.82) is 0 Å². The van der Waals surface area contributed by atoms with Crippen LogP contribution in [0.4, 0.5) is 30.7 Å². The topological polar surface area (TPSA) is 34.1 Å². The van der Waals surface area contributed by atoms with E-state index >= 15 is 0 Å². The summed E-state index contributed by atoms with van der Waals surface area (Å²) in [5.41, 5.74) is -5.95. The Labute approximate surface area is 73.6 Å². The molecule has 0 atom stereocenters. The summed E-state index contributed by atoms with van der Waals surface area (Å²) in [5, 5.41) is 0. The lowest BCUT2D eigenvalue weighted by atomic mass is 10.4. The molecule has 0 spiro atoms. The van der Waals surface area contributed by atoms with Gasteiger partial charge in [-0.15, -0.1) is 0 Å². The van der Waals surface area contributed by atoms with Crippen molar-refractivity contribution in [3.8, 4) is 0 Å². The van der Waals surface area contributed by atoms with Crippen molar-refractivity contribution in [2.75, 3.05) is 5.75 Å². The first kappa shape index (κ1) is 13.5. The third-order valence-electron chi connectivity index (χ3n) is 1.05. The molecule has 0 unspecified atom stereocenters. The van der Waals surface area contributed by atoms with E-state index in [-0.39, 0.29) is 0 Å². The maximum absolute atomic E-state index is 11.9. The normalized spacial score (nSPS) is 14.9. The van der Waals surface area contributed by atoms with Crippen LogP contribution in [0.3, 0.4) is 0 Å². The summed E-state index contributed by atoms with van der Waals surface area (Å²) in [5.74, 6) is -8.14. The minimum Gasteiger partial charge on any atom is -0.219 e. The number of rotatable bonds is 3. The third kappa shape index (κ3) is 3.00. The predicted octanol–water partition coefficient (Wildman–Crippen LogP) is 1.82. The number of hydrogen-bond donors (Lipinski definition) is 0. The van der Waals surface area contributed by atoms with Crippen LogP contribution in [0.1, 0.15) is 0 Å². The zero-order valence-electron chi connectivity index (χ0n) is 6.15. The van der Waals surface area contributed by atoms with Crippen LogP contribution >= 0.6 is 0 Å². The number of sulfone groups is 1. The van der Waals surface area contributed by atoms with Crippen molar-refractivity contribution in [1.82, 2.24) is 0 Å². The second kappa shape index (κ2) is 3.55. The molecular formula is C4H3F7O2S. The van der Waals surface area contributed by atoms with Crippen molar-refractivity contribution < 1.29 is 39.2 Å². The van der Waals surface area contributed by atoms with Gasteiger partial charge in [0.05, 0.1) is 0 Å². The molecule has 0 heterocycles. The second-order valence-electron chi connectivity index (χ2n) is 2.27. The maximum atomic E-state index is 11.9. The van der Waals surface area contributed by atoms with Crippen LogP contribution < -0.4 is 0 Å². The number of alkyl halides is 7. The lowest BCUT2D eigenvalue weighted by molar-refractivity contribution is -0.114. The van der Waals surface area contributed by atoms with Crippen LogP contribution in [-0.4, -0.2) is 32.0 Å². The van der Waals surface area contributed by atoms with Gasteiger partial charge in [0.25, 0.3) is 9.84 Å². The molecule has 0 saturated heterocycles. The van der Waals surface area contributed by atoms with Gasteiger partial charge in [0, 0.05) is 0 Å². The van der Waals surface area contributed by atoms with E-state index in [4.69, 9.17) is 0 Å². The lowest BCUT2D eigenvalue weighted by Gasteiger charge is -2.16. The molecule has 10 heteroatoms. The van der Waals surface area contributed by atoms with Crippen LogP contribution in [0, 0.1) is 0 Å². The minimum absolute atomic E-state index is 2.94. The van der Waals surface area contributed by atoms with Crippen molar-refractivity contribution in [3.05, 3.63) is 0 Å². The highest BCUT2D eigenvalue weighted by atomic mass is 32.2. The van der Waals surface area contributed by atoms with Gasteiger partial charge in [0.1, 0.15) is 5.75 Å². The third-order valence-corrected chi connectivity index (χ3v) is 2.52. The molecule has 0 fully saturated rings. The number of halogens is 7. The van der Waals surface area contributed by atoms with Gasteiger partial charge in [0.15, 0.2) is 0 Å². The van der Waals surface area contributed by atoms with Crippen molar-refractivity contribution in [2.24, 2.45) is 0 Å². The molecule has 0 rings (SSSR count). The molecule has 0 aromatic rings. The van der Waals surface area contributed by atoms with Gasteiger partial charge in [0.2, 0.25) is 0 Å². The van der Waals surface area contributed by atoms with Crippen LogP contribution in [0.5, 0.6) is 0 Å². The van der Waals surface area contributed by atoms with Crippen molar-refractivity contribution >= 4 is 9.84 Å². The predicted molar refractivity (Wildman–Crippen MR) is 30.8 cm³/mol. The van der Waals surface area contributed by atoms with Crippen LogP contribution in [0.2, 0.25) is 0 Å². The zero-order valence-corrected chi connectivity index (χ0v) is 6.97. The Balaban J connectivity index is 4.88. The summed E-state index contributed by atoms with van der Waals surface area (Å²) in [7, 11) is -6.23. The Kier molecular flexibility index (Phi) is 3.42. The quantitative estimate of drug-likeness (QED) is 0.714. The molecule has 0 aromatic carbocycles. The Morgan fingerprint density at radius 1 is 1.00 bits per heavy atom. The smallest absolute Gasteiger partial charge is 0.219 e. The highest BCUT2D eigenvalue weighted by Gasteiger charge is 2.54. The van der Waals surface area contributed by atoms with Gasteiger partial charge in [-0.3, -0.25) is 0 Å². The molecule has 86 valence electrons. The number of hydrogen-bond acceptors (Lipinski definition) is 2.